The first-order valence-electron chi connectivity index (χ1n) is 6.89. The normalized spacial score (nSPS) is 10.9. The van der Waals surface area contributed by atoms with Gasteiger partial charge in [0.05, 0.1) is 0 Å². The van der Waals surface area contributed by atoms with Crippen molar-refractivity contribution in [2.24, 2.45) is 0 Å². The Balaban J connectivity index is 1.86. The number of hydrogen-bond acceptors (Lipinski definition) is 6. The van der Waals surface area contributed by atoms with Crippen LogP contribution in [0.25, 0.3) is 0 Å². The molecule has 0 saturated carbocycles. The fourth-order valence-electron chi connectivity index (χ4n) is 1.60. The zero-order valence-corrected chi connectivity index (χ0v) is 12.8. The number of pyridine rings is 1. The Hall–Kier alpha value is -2.70. The lowest BCUT2D eigenvalue weighted by atomic mass is 10.2. The molecule has 0 saturated heterocycles. The summed E-state index contributed by atoms with van der Waals surface area (Å²) in [4.78, 5) is 15.6. The van der Waals surface area contributed by atoms with E-state index >= 15 is 0 Å². The van der Waals surface area contributed by atoms with E-state index in [0.717, 1.165) is 5.56 Å². The lowest BCUT2D eigenvalue weighted by Gasteiger charge is -2.19. The van der Waals surface area contributed by atoms with E-state index in [1.165, 1.54) is 0 Å². The smallest absolute Gasteiger partial charge is 0.413 e. The van der Waals surface area contributed by atoms with Crippen LogP contribution >= 0.6 is 0 Å². The highest BCUT2D eigenvalue weighted by molar-refractivity contribution is 5.83. The quantitative estimate of drug-likeness (QED) is 0.902. The van der Waals surface area contributed by atoms with Gasteiger partial charge >= 0.3 is 6.09 Å². The number of hydrogen-bond donors (Lipinski definition) is 2. The third kappa shape index (κ3) is 5.35. The van der Waals surface area contributed by atoms with Gasteiger partial charge in [-0.3, -0.25) is 10.3 Å². The van der Waals surface area contributed by atoms with Crippen molar-refractivity contribution in [1.82, 2.24) is 15.2 Å². The van der Waals surface area contributed by atoms with Crippen molar-refractivity contribution < 1.29 is 9.53 Å². The van der Waals surface area contributed by atoms with Crippen LogP contribution < -0.4 is 10.6 Å². The Morgan fingerprint density at radius 2 is 1.91 bits per heavy atom. The molecule has 0 aliphatic rings. The molecule has 2 heterocycles. The van der Waals surface area contributed by atoms with Crippen LogP contribution in [0.3, 0.4) is 0 Å². The van der Waals surface area contributed by atoms with Gasteiger partial charge in [0.2, 0.25) is 0 Å². The zero-order valence-electron chi connectivity index (χ0n) is 12.8. The van der Waals surface area contributed by atoms with Gasteiger partial charge in [0.25, 0.3) is 0 Å². The van der Waals surface area contributed by atoms with E-state index in [4.69, 9.17) is 4.74 Å². The molecule has 0 aliphatic heterocycles. The minimum absolute atomic E-state index is 0.334. The van der Waals surface area contributed by atoms with Gasteiger partial charge in [-0.05, 0) is 44.5 Å². The maximum Gasteiger partial charge on any atom is 0.413 e. The summed E-state index contributed by atoms with van der Waals surface area (Å²) in [6.45, 7) is 5.98. The molecule has 2 aromatic heterocycles. The number of aromatic nitrogens is 3. The molecule has 0 unspecified atom stereocenters. The Bertz CT molecular complexity index is 608. The SMILES string of the molecule is CC(C)(C)OC(=O)Nc1ccc(NCc2cccnc2)nn1. The van der Waals surface area contributed by atoms with Gasteiger partial charge in [-0.2, -0.15) is 0 Å². The second kappa shape index (κ2) is 6.84. The highest BCUT2D eigenvalue weighted by Crippen LogP contribution is 2.11. The molecular formula is C15H19N5O2. The molecule has 0 spiro atoms. The van der Waals surface area contributed by atoms with Crippen LogP contribution in [0.2, 0.25) is 0 Å². The first-order valence-corrected chi connectivity index (χ1v) is 6.89. The molecule has 0 bridgehead atoms. The van der Waals surface area contributed by atoms with E-state index in [1.807, 2.05) is 12.1 Å². The second-order valence-corrected chi connectivity index (χ2v) is 5.65. The van der Waals surface area contributed by atoms with E-state index in [2.05, 4.69) is 25.8 Å². The number of nitrogens with zero attached hydrogens (tertiary/aromatic N) is 3. The van der Waals surface area contributed by atoms with Crippen LogP contribution in [-0.2, 0) is 11.3 Å². The van der Waals surface area contributed by atoms with Gasteiger partial charge in [-0.15, -0.1) is 10.2 Å². The van der Waals surface area contributed by atoms with Crippen molar-refractivity contribution in [1.29, 1.82) is 0 Å². The standard InChI is InChI=1S/C15H19N5O2/c1-15(2,3)22-14(21)18-13-7-6-12(19-20-13)17-10-11-5-4-8-16-9-11/h4-9H,10H2,1-3H3,(H,17,19)(H,18,20,21). The van der Waals surface area contributed by atoms with E-state index in [9.17, 15) is 4.79 Å². The molecule has 1 amide bonds. The van der Waals surface area contributed by atoms with Crippen molar-refractivity contribution in [2.45, 2.75) is 32.9 Å². The second-order valence-electron chi connectivity index (χ2n) is 5.65. The van der Waals surface area contributed by atoms with Gasteiger partial charge in [-0.1, -0.05) is 6.07 Å². The highest BCUT2D eigenvalue weighted by Gasteiger charge is 2.16. The molecule has 116 valence electrons. The number of anilines is 2. The molecule has 0 radical (unpaired) electrons. The minimum atomic E-state index is -0.558. The molecule has 7 heteroatoms. The van der Waals surface area contributed by atoms with E-state index in [0.29, 0.717) is 18.2 Å². The molecule has 2 N–H and O–H groups in total. The number of ether oxygens (including phenoxy) is 1. The molecule has 0 aromatic carbocycles. The minimum Gasteiger partial charge on any atom is -0.444 e. The van der Waals surface area contributed by atoms with Crippen molar-refractivity contribution in [3.63, 3.8) is 0 Å². The Morgan fingerprint density at radius 3 is 2.50 bits per heavy atom. The maximum atomic E-state index is 11.6. The molecular weight excluding hydrogens is 282 g/mol. The zero-order chi connectivity index (χ0) is 16.0. The summed E-state index contributed by atoms with van der Waals surface area (Å²) in [5.41, 5.74) is 0.489. The number of rotatable bonds is 4. The number of carbonyl (C=O) groups is 1. The Kier molecular flexibility index (Phi) is 4.88. The summed E-state index contributed by atoms with van der Waals surface area (Å²) in [5, 5.41) is 13.6. The summed E-state index contributed by atoms with van der Waals surface area (Å²) in [6.07, 6.45) is 2.94. The first kappa shape index (κ1) is 15.7. The van der Waals surface area contributed by atoms with Crippen LogP contribution in [-0.4, -0.2) is 26.9 Å². The summed E-state index contributed by atoms with van der Waals surface area (Å²) in [5.74, 6) is 0.944. The lowest BCUT2D eigenvalue weighted by molar-refractivity contribution is 0.0635. The molecule has 0 aliphatic carbocycles. The van der Waals surface area contributed by atoms with Gasteiger partial charge in [0.1, 0.15) is 11.4 Å². The summed E-state index contributed by atoms with van der Waals surface area (Å²) >= 11 is 0. The molecule has 0 atom stereocenters. The summed E-state index contributed by atoms with van der Waals surface area (Å²) in [6, 6.07) is 7.22. The van der Waals surface area contributed by atoms with E-state index in [1.54, 1.807) is 45.3 Å². The van der Waals surface area contributed by atoms with Crippen LogP contribution in [0.1, 0.15) is 26.3 Å². The molecule has 0 fully saturated rings. The topological polar surface area (TPSA) is 89.0 Å². The van der Waals surface area contributed by atoms with Gasteiger partial charge < -0.3 is 10.1 Å². The summed E-state index contributed by atoms with van der Waals surface area (Å²) in [7, 11) is 0. The molecule has 2 aromatic rings. The van der Waals surface area contributed by atoms with Gasteiger partial charge in [0, 0.05) is 18.9 Å². The fourth-order valence-corrected chi connectivity index (χ4v) is 1.60. The third-order valence-electron chi connectivity index (χ3n) is 2.49. The average Bonchev–Trinajstić information content (AvgIpc) is 2.45. The predicted octanol–water partition coefficient (Wildman–Crippen LogP) is 2.83. The molecule has 2 rings (SSSR count). The number of nitrogens with one attached hydrogen (secondary N) is 2. The lowest BCUT2D eigenvalue weighted by Crippen LogP contribution is -2.27. The first-order chi connectivity index (χ1) is 10.4. The maximum absolute atomic E-state index is 11.6. The highest BCUT2D eigenvalue weighted by atomic mass is 16.6. The van der Waals surface area contributed by atoms with Crippen LogP contribution in [0, 0.1) is 0 Å². The predicted molar refractivity (Wildman–Crippen MR) is 83.5 cm³/mol. The Morgan fingerprint density at radius 1 is 1.18 bits per heavy atom. The third-order valence-corrected chi connectivity index (χ3v) is 2.49. The van der Waals surface area contributed by atoms with E-state index < -0.39 is 11.7 Å². The van der Waals surface area contributed by atoms with Crippen molar-refractivity contribution in [2.75, 3.05) is 10.6 Å². The molecule has 22 heavy (non-hydrogen) atoms. The molecule has 7 nitrogen and oxygen atoms in total. The number of carbonyl (C=O) groups excluding carboxylic acids is 1. The van der Waals surface area contributed by atoms with Crippen molar-refractivity contribution in [3.05, 3.63) is 42.2 Å². The monoisotopic (exact) mass is 301 g/mol. The fraction of sp³-hybridized carbons (Fsp3) is 0.333. The van der Waals surface area contributed by atoms with Gasteiger partial charge in [0.15, 0.2) is 5.82 Å². The number of amides is 1. The van der Waals surface area contributed by atoms with Crippen LogP contribution in [0.15, 0.2) is 36.7 Å². The summed E-state index contributed by atoms with van der Waals surface area (Å²) < 4.78 is 5.14. The average molecular weight is 301 g/mol. The van der Waals surface area contributed by atoms with Crippen molar-refractivity contribution in [3.8, 4) is 0 Å². The van der Waals surface area contributed by atoms with Crippen molar-refractivity contribution >= 4 is 17.7 Å². The van der Waals surface area contributed by atoms with Crippen LogP contribution in [0.4, 0.5) is 16.4 Å². The largest absolute Gasteiger partial charge is 0.444 e. The van der Waals surface area contributed by atoms with Crippen LogP contribution in [0.5, 0.6) is 0 Å². The van der Waals surface area contributed by atoms with E-state index in [-0.39, 0.29) is 0 Å². The Labute approximate surface area is 129 Å². The van der Waals surface area contributed by atoms with Gasteiger partial charge in [-0.25, -0.2) is 4.79 Å².